The fraction of sp³-hybridized carbons (Fsp3) is 0.278. The van der Waals surface area contributed by atoms with E-state index in [0.29, 0.717) is 12.3 Å². The summed E-state index contributed by atoms with van der Waals surface area (Å²) in [5.41, 5.74) is 2.83. The minimum absolute atomic E-state index is 0.0354. The molecule has 4 nitrogen and oxygen atoms in total. The van der Waals surface area contributed by atoms with Gasteiger partial charge in [-0.2, -0.15) is 0 Å². The first-order chi connectivity index (χ1) is 10.7. The first-order valence-corrected chi connectivity index (χ1v) is 7.16. The molecule has 0 aromatic heterocycles. The van der Waals surface area contributed by atoms with Crippen molar-refractivity contribution in [2.24, 2.45) is 0 Å². The van der Waals surface area contributed by atoms with Crippen LogP contribution in [0.1, 0.15) is 16.7 Å². The molecule has 0 fully saturated rings. The number of ether oxygens (including phenoxy) is 2. The van der Waals surface area contributed by atoms with E-state index in [1.165, 1.54) is 0 Å². The van der Waals surface area contributed by atoms with E-state index >= 15 is 0 Å². The topological polar surface area (TPSA) is 47.6 Å². The molecule has 0 aliphatic carbocycles. The summed E-state index contributed by atoms with van der Waals surface area (Å²) in [6.45, 7) is 2.44. The lowest BCUT2D eigenvalue weighted by molar-refractivity contribution is -0.120. The van der Waals surface area contributed by atoms with Gasteiger partial charge in [0.2, 0.25) is 5.91 Å². The Kier molecular flexibility index (Phi) is 5.42. The van der Waals surface area contributed by atoms with E-state index in [4.69, 9.17) is 9.47 Å². The molecule has 0 radical (unpaired) electrons. The number of carbonyl (C=O) groups excluding carboxylic acids is 1. The van der Waals surface area contributed by atoms with Crippen LogP contribution in [0.25, 0.3) is 0 Å². The molecule has 0 spiro atoms. The van der Waals surface area contributed by atoms with Gasteiger partial charge in [-0.15, -0.1) is 0 Å². The highest BCUT2D eigenvalue weighted by Gasteiger charge is 2.14. The van der Waals surface area contributed by atoms with Crippen molar-refractivity contribution in [3.05, 3.63) is 59.2 Å². The largest absolute Gasteiger partial charge is 0.496 e. The van der Waals surface area contributed by atoms with Crippen LogP contribution in [0, 0.1) is 6.92 Å². The van der Waals surface area contributed by atoms with Crippen molar-refractivity contribution >= 4 is 5.91 Å². The average Bonchev–Trinajstić information content (AvgIpc) is 2.54. The van der Waals surface area contributed by atoms with Crippen LogP contribution in [-0.2, 0) is 17.8 Å². The summed E-state index contributed by atoms with van der Waals surface area (Å²) >= 11 is 0. The van der Waals surface area contributed by atoms with Gasteiger partial charge in [0.05, 0.1) is 20.6 Å². The highest BCUT2D eigenvalue weighted by molar-refractivity contribution is 5.79. The van der Waals surface area contributed by atoms with Crippen molar-refractivity contribution in [1.29, 1.82) is 0 Å². The molecule has 116 valence electrons. The zero-order valence-corrected chi connectivity index (χ0v) is 13.2. The van der Waals surface area contributed by atoms with Gasteiger partial charge in [0.15, 0.2) is 0 Å². The summed E-state index contributed by atoms with van der Waals surface area (Å²) in [5, 5.41) is 2.92. The van der Waals surface area contributed by atoms with Crippen molar-refractivity contribution in [1.82, 2.24) is 5.32 Å². The molecule has 0 aliphatic heterocycles. The first-order valence-electron chi connectivity index (χ1n) is 7.16. The zero-order valence-electron chi connectivity index (χ0n) is 13.2. The van der Waals surface area contributed by atoms with Gasteiger partial charge in [0.25, 0.3) is 0 Å². The van der Waals surface area contributed by atoms with E-state index < -0.39 is 0 Å². The minimum Gasteiger partial charge on any atom is -0.496 e. The van der Waals surface area contributed by atoms with Crippen molar-refractivity contribution in [3.8, 4) is 11.5 Å². The van der Waals surface area contributed by atoms with E-state index in [-0.39, 0.29) is 12.3 Å². The maximum Gasteiger partial charge on any atom is 0.224 e. The monoisotopic (exact) mass is 299 g/mol. The molecule has 4 heteroatoms. The number of carbonyl (C=O) groups is 1. The molecule has 22 heavy (non-hydrogen) atoms. The van der Waals surface area contributed by atoms with Gasteiger partial charge in [-0.25, -0.2) is 0 Å². The number of rotatable bonds is 6. The van der Waals surface area contributed by atoms with E-state index in [0.717, 1.165) is 22.4 Å². The van der Waals surface area contributed by atoms with Gasteiger partial charge in [-0.05, 0) is 18.6 Å². The van der Waals surface area contributed by atoms with Crippen LogP contribution in [-0.4, -0.2) is 20.1 Å². The zero-order chi connectivity index (χ0) is 15.9. The average molecular weight is 299 g/mol. The van der Waals surface area contributed by atoms with E-state index in [1.54, 1.807) is 14.2 Å². The van der Waals surface area contributed by atoms with Crippen LogP contribution in [0.3, 0.4) is 0 Å². The van der Waals surface area contributed by atoms with Crippen LogP contribution in [0.15, 0.2) is 42.5 Å². The lowest BCUT2D eigenvalue weighted by atomic mass is 10.1. The molecule has 0 heterocycles. The molecule has 0 aliphatic rings. The van der Waals surface area contributed by atoms with E-state index in [9.17, 15) is 4.79 Å². The Labute approximate surface area is 131 Å². The number of amides is 1. The van der Waals surface area contributed by atoms with Gasteiger partial charge in [0.1, 0.15) is 11.5 Å². The Morgan fingerprint density at radius 3 is 2.41 bits per heavy atom. The Bertz CT molecular complexity index is 638. The molecule has 0 atom stereocenters. The van der Waals surface area contributed by atoms with Crippen molar-refractivity contribution in [3.63, 3.8) is 0 Å². The van der Waals surface area contributed by atoms with Crippen LogP contribution in [0.4, 0.5) is 0 Å². The molecule has 0 saturated carbocycles. The Morgan fingerprint density at radius 1 is 1.05 bits per heavy atom. The molecule has 2 aromatic carbocycles. The van der Waals surface area contributed by atoms with Crippen molar-refractivity contribution in [2.75, 3.05) is 14.2 Å². The number of hydrogen-bond acceptors (Lipinski definition) is 3. The SMILES string of the molecule is COc1ccc(CC(=O)NCc2ccccc2)c(OC)c1C. The summed E-state index contributed by atoms with van der Waals surface area (Å²) in [7, 11) is 3.22. The van der Waals surface area contributed by atoms with Gasteiger partial charge in [-0.3, -0.25) is 4.79 Å². The third-order valence-corrected chi connectivity index (χ3v) is 3.55. The summed E-state index contributed by atoms with van der Waals surface area (Å²) in [6.07, 6.45) is 0.279. The quantitative estimate of drug-likeness (QED) is 0.892. The number of methoxy groups -OCH3 is 2. The minimum atomic E-state index is -0.0354. The first kappa shape index (κ1) is 15.9. The summed E-state index contributed by atoms with van der Waals surface area (Å²) in [5.74, 6) is 1.42. The van der Waals surface area contributed by atoms with Gasteiger partial charge in [0, 0.05) is 17.7 Å². The Morgan fingerprint density at radius 2 is 1.77 bits per heavy atom. The van der Waals surface area contributed by atoms with Crippen molar-refractivity contribution < 1.29 is 14.3 Å². The fourth-order valence-electron chi connectivity index (χ4n) is 2.41. The molecule has 0 unspecified atom stereocenters. The predicted octanol–water partition coefficient (Wildman–Crippen LogP) is 2.87. The molecular weight excluding hydrogens is 278 g/mol. The molecule has 0 bridgehead atoms. The van der Waals surface area contributed by atoms with Crippen LogP contribution in [0.2, 0.25) is 0 Å². The lowest BCUT2D eigenvalue weighted by Crippen LogP contribution is -2.24. The lowest BCUT2D eigenvalue weighted by Gasteiger charge is -2.14. The third kappa shape index (κ3) is 3.79. The number of hydrogen-bond donors (Lipinski definition) is 1. The summed E-state index contributed by atoms with van der Waals surface area (Å²) < 4.78 is 10.7. The van der Waals surface area contributed by atoms with Crippen LogP contribution >= 0.6 is 0 Å². The van der Waals surface area contributed by atoms with Gasteiger partial charge < -0.3 is 14.8 Å². The highest BCUT2D eigenvalue weighted by Crippen LogP contribution is 2.31. The molecule has 1 N–H and O–H groups in total. The summed E-state index contributed by atoms with van der Waals surface area (Å²) in [4.78, 5) is 12.1. The smallest absolute Gasteiger partial charge is 0.224 e. The molecule has 1 amide bonds. The number of benzene rings is 2. The normalized spacial score (nSPS) is 10.1. The second kappa shape index (κ2) is 7.50. The Balaban J connectivity index is 2.04. The number of nitrogens with one attached hydrogen (secondary N) is 1. The summed E-state index contributed by atoms with van der Waals surface area (Å²) in [6, 6.07) is 13.6. The van der Waals surface area contributed by atoms with Crippen LogP contribution < -0.4 is 14.8 Å². The molecule has 2 aromatic rings. The highest BCUT2D eigenvalue weighted by atomic mass is 16.5. The molecule has 0 saturated heterocycles. The maximum atomic E-state index is 12.1. The molecular formula is C18H21NO3. The fourth-order valence-corrected chi connectivity index (χ4v) is 2.41. The maximum absolute atomic E-state index is 12.1. The molecule has 2 rings (SSSR count). The second-order valence-corrected chi connectivity index (χ2v) is 5.02. The van der Waals surface area contributed by atoms with Crippen molar-refractivity contribution in [2.45, 2.75) is 19.9 Å². The van der Waals surface area contributed by atoms with Gasteiger partial charge in [-0.1, -0.05) is 36.4 Å². The predicted molar refractivity (Wildman–Crippen MR) is 86.3 cm³/mol. The standard InChI is InChI=1S/C18H21NO3/c1-13-16(21-2)10-9-15(18(13)22-3)11-17(20)19-12-14-7-5-4-6-8-14/h4-10H,11-12H2,1-3H3,(H,19,20). The van der Waals surface area contributed by atoms with E-state index in [2.05, 4.69) is 5.32 Å². The third-order valence-electron chi connectivity index (χ3n) is 3.55. The van der Waals surface area contributed by atoms with E-state index in [1.807, 2.05) is 49.4 Å². The van der Waals surface area contributed by atoms with Gasteiger partial charge >= 0.3 is 0 Å². The Hall–Kier alpha value is -2.49. The van der Waals surface area contributed by atoms with Crippen LogP contribution in [0.5, 0.6) is 11.5 Å². The second-order valence-electron chi connectivity index (χ2n) is 5.02.